The lowest BCUT2D eigenvalue weighted by atomic mass is 10.0. The van der Waals surface area contributed by atoms with Gasteiger partial charge in [0.05, 0.1) is 0 Å². The fraction of sp³-hybridized carbons (Fsp3) is 0.500. The van der Waals surface area contributed by atoms with Gasteiger partial charge < -0.3 is 22.1 Å². The quantitative estimate of drug-likeness (QED) is 0.435. The summed E-state index contributed by atoms with van der Waals surface area (Å²) >= 11 is 0. The Morgan fingerprint density at radius 3 is 1.64 bits per heavy atom. The van der Waals surface area contributed by atoms with Gasteiger partial charge in [-0.2, -0.15) is 0 Å². The molecule has 0 aliphatic heterocycles. The lowest BCUT2D eigenvalue weighted by Gasteiger charge is -2.11. The number of hydrogen-bond acceptors (Lipinski definition) is 5. The average molecular weight is 348 g/mol. The molecule has 0 aliphatic carbocycles. The van der Waals surface area contributed by atoms with Gasteiger partial charge in [0.25, 0.3) is 0 Å². The van der Waals surface area contributed by atoms with Gasteiger partial charge in [0.15, 0.2) is 5.78 Å². The highest BCUT2D eigenvalue weighted by Crippen LogP contribution is 2.12. The average Bonchev–Trinajstić information content (AvgIpc) is 2.60. The number of carbonyl (C=O) groups excluding carboxylic acids is 3. The van der Waals surface area contributed by atoms with E-state index in [1.54, 1.807) is 12.1 Å². The van der Waals surface area contributed by atoms with Crippen LogP contribution < -0.4 is 22.1 Å². The maximum atomic E-state index is 11.7. The van der Waals surface area contributed by atoms with E-state index in [1.165, 1.54) is 6.92 Å². The number of rotatable bonds is 11. The van der Waals surface area contributed by atoms with Crippen molar-refractivity contribution < 1.29 is 14.4 Å². The minimum Gasteiger partial charge on any atom is -0.352 e. The lowest BCUT2D eigenvalue weighted by molar-refractivity contribution is -0.122. The number of amides is 2. The van der Waals surface area contributed by atoms with Crippen LogP contribution in [0.1, 0.15) is 54.1 Å². The highest BCUT2D eigenvalue weighted by atomic mass is 16.2. The molecule has 138 valence electrons. The third kappa shape index (κ3) is 8.42. The van der Waals surface area contributed by atoms with E-state index in [0.717, 1.165) is 11.1 Å². The third-order valence-corrected chi connectivity index (χ3v) is 3.65. The number of hydrogen-bond donors (Lipinski definition) is 4. The van der Waals surface area contributed by atoms with E-state index in [9.17, 15) is 14.4 Å². The molecule has 1 rings (SSSR count). The molecule has 1 aromatic rings. The predicted octanol–water partition coefficient (Wildman–Crippen LogP) is 0.599. The second-order valence-electron chi connectivity index (χ2n) is 5.93. The third-order valence-electron chi connectivity index (χ3n) is 3.65. The SMILES string of the molecule is CC(=O)c1cc(CNC(=O)CCCN)cc(CNC(=O)CCCN)c1. The first-order chi connectivity index (χ1) is 12.0. The molecular formula is C18H28N4O3. The summed E-state index contributed by atoms with van der Waals surface area (Å²) in [5.41, 5.74) is 13.0. The van der Waals surface area contributed by atoms with E-state index in [-0.39, 0.29) is 17.6 Å². The molecule has 0 saturated heterocycles. The maximum Gasteiger partial charge on any atom is 0.220 e. The molecule has 25 heavy (non-hydrogen) atoms. The normalized spacial score (nSPS) is 10.4. The summed E-state index contributed by atoms with van der Waals surface area (Å²) in [6.45, 7) is 3.10. The van der Waals surface area contributed by atoms with Gasteiger partial charge in [-0.15, -0.1) is 0 Å². The van der Waals surface area contributed by atoms with E-state index in [0.29, 0.717) is 57.4 Å². The van der Waals surface area contributed by atoms with Crippen molar-refractivity contribution in [3.8, 4) is 0 Å². The topological polar surface area (TPSA) is 127 Å². The predicted molar refractivity (Wildman–Crippen MR) is 96.7 cm³/mol. The summed E-state index contributed by atoms with van der Waals surface area (Å²) in [5.74, 6) is -0.211. The van der Waals surface area contributed by atoms with Gasteiger partial charge in [0.1, 0.15) is 0 Å². The van der Waals surface area contributed by atoms with Gasteiger partial charge in [-0.05, 0) is 56.1 Å². The first-order valence-electron chi connectivity index (χ1n) is 8.53. The van der Waals surface area contributed by atoms with Crippen molar-refractivity contribution in [3.63, 3.8) is 0 Å². The highest BCUT2D eigenvalue weighted by molar-refractivity contribution is 5.94. The zero-order valence-electron chi connectivity index (χ0n) is 14.8. The van der Waals surface area contributed by atoms with Crippen LogP contribution in [-0.4, -0.2) is 30.7 Å². The van der Waals surface area contributed by atoms with Gasteiger partial charge in [0.2, 0.25) is 11.8 Å². The van der Waals surface area contributed by atoms with Crippen molar-refractivity contribution >= 4 is 17.6 Å². The minimum atomic E-state index is -0.0738. The zero-order chi connectivity index (χ0) is 18.7. The monoisotopic (exact) mass is 348 g/mol. The van der Waals surface area contributed by atoms with Crippen molar-refractivity contribution in [3.05, 3.63) is 34.9 Å². The molecule has 0 radical (unpaired) electrons. The second-order valence-corrected chi connectivity index (χ2v) is 5.93. The van der Waals surface area contributed by atoms with Gasteiger partial charge in [-0.25, -0.2) is 0 Å². The number of nitrogens with two attached hydrogens (primary N) is 2. The molecule has 0 fully saturated rings. The molecule has 0 aliphatic rings. The highest BCUT2D eigenvalue weighted by Gasteiger charge is 2.08. The van der Waals surface area contributed by atoms with E-state index in [1.807, 2.05) is 6.07 Å². The van der Waals surface area contributed by atoms with Crippen molar-refractivity contribution in [2.75, 3.05) is 13.1 Å². The fourth-order valence-corrected chi connectivity index (χ4v) is 2.27. The second kappa shape index (κ2) is 11.3. The Kier molecular flexibility index (Phi) is 9.42. The molecule has 0 bridgehead atoms. The largest absolute Gasteiger partial charge is 0.352 e. The molecule has 6 N–H and O–H groups in total. The molecule has 2 amide bonds. The number of benzene rings is 1. The first-order valence-corrected chi connectivity index (χ1v) is 8.53. The summed E-state index contributed by atoms with van der Waals surface area (Å²) in [5, 5.41) is 5.63. The molecule has 1 aromatic carbocycles. The van der Waals surface area contributed by atoms with E-state index in [2.05, 4.69) is 10.6 Å². The summed E-state index contributed by atoms with van der Waals surface area (Å²) in [4.78, 5) is 35.1. The molecule has 0 unspecified atom stereocenters. The molecule has 0 spiro atoms. The zero-order valence-corrected chi connectivity index (χ0v) is 14.8. The number of nitrogens with one attached hydrogen (secondary N) is 2. The standard InChI is InChI=1S/C18H28N4O3/c1-13(23)16-9-14(11-21-17(24)4-2-6-19)8-15(10-16)12-22-18(25)5-3-7-20/h8-10H,2-7,11-12,19-20H2,1H3,(H,21,24)(H,22,25). The van der Waals surface area contributed by atoms with Crippen LogP contribution in [0.15, 0.2) is 18.2 Å². The Morgan fingerprint density at radius 1 is 0.840 bits per heavy atom. The van der Waals surface area contributed by atoms with Gasteiger partial charge in [0, 0.05) is 31.5 Å². The van der Waals surface area contributed by atoms with Gasteiger partial charge >= 0.3 is 0 Å². The van der Waals surface area contributed by atoms with Crippen LogP contribution in [-0.2, 0) is 22.7 Å². The van der Waals surface area contributed by atoms with Crippen molar-refractivity contribution in [1.29, 1.82) is 0 Å². The van der Waals surface area contributed by atoms with E-state index < -0.39 is 0 Å². The summed E-state index contributed by atoms with van der Waals surface area (Å²) in [7, 11) is 0. The Morgan fingerprint density at radius 2 is 1.28 bits per heavy atom. The van der Waals surface area contributed by atoms with Crippen LogP contribution in [0, 0.1) is 0 Å². The van der Waals surface area contributed by atoms with E-state index >= 15 is 0 Å². The van der Waals surface area contributed by atoms with Gasteiger partial charge in [-0.3, -0.25) is 14.4 Å². The number of carbonyl (C=O) groups is 3. The Hall–Kier alpha value is -2.25. The Bertz CT molecular complexity index is 560. The fourth-order valence-electron chi connectivity index (χ4n) is 2.27. The van der Waals surface area contributed by atoms with Crippen LogP contribution >= 0.6 is 0 Å². The van der Waals surface area contributed by atoms with Crippen LogP contribution in [0.25, 0.3) is 0 Å². The maximum absolute atomic E-state index is 11.7. The smallest absolute Gasteiger partial charge is 0.220 e. The molecule has 0 aromatic heterocycles. The van der Waals surface area contributed by atoms with Crippen molar-refractivity contribution in [2.24, 2.45) is 11.5 Å². The summed E-state index contributed by atoms with van der Waals surface area (Å²) < 4.78 is 0. The summed E-state index contributed by atoms with van der Waals surface area (Å²) in [6, 6.07) is 5.38. The number of ketones is 1. The molecule has 0 heterocycles. The van der Waals surface area contributed by atoms with Crippen LogP contribution in [0.4, 0.5) is 0 Å². The van der Waals surface area contributed by atoms with Gasteiger partial charge in [-0.1, -0.05) is 6.07 Å². The first kappa shape index (κ1) is 20.8. The van der Waals surface area contributed by atoms with Crippen LogP contribution in [0.3, 0.4) is 0 Å². The van der Waals surface area contributed by atoms with Crippen LogP contribution in [0.2, 0.25) is 0 Å². The molecule has 7 nitrogen and oxygen atoms in total. The minimum absolute atomic E-state index is 0.0629. The number of Topliss-reactive ketones (excluding diaryl/α,β-unsaturated/α-hetero) is 1. The van der Waals surface area contributed by atoms with E-state index in [4.69, 9.17) is 11.5 Å². The lowest BCUT2D eigenvalue weighted by Crippen LogP contribution is -2.24. The van der Waals surface area contributed by atoms with Crippen LogP contribution in [0.5, 0.6) is 0 Å². The molecular weight excluding hydrogens is 320 g/mol. The van der Waals surface area contributed by atoms with Crippen molar-refractivity contribution in [1.82, 2.24) is 10.6 Å². The molecule has 7 heteroatoms. The molecule has 0 atom stereocenters. The Labute approximate surface area is 148 Å². The van der Waals surface area contributed by atoms with Crippen molar-refractivity contribution in [2.45, 2.75) is 45.7 Å². The molecule has 0 saturated carbocycles. The summed E-state index contributed by atoms with van der Waals surface area (Å²) in [6.07, 6.45) is 2.04. The Balaban J connectivity index is 2.71.